The molecule has 0 spiro atoms. The van der Waals surface area contributed by atoms with Crippen LogP contribution in [0.3, 0.4) is 0 Å². The third-order valence-corrected chi connectivity index (χ3v) is 4.05. The number of imidazole rings is 1. The normalized spacial score (nSPS) is 14.2. The summed E-state index contributed by atoms with van der Waals surface area (Å²) in [7, 11) is 0. The van der Waals surface area contributed by atoms with Gasteiger partial charge in [0.25, 0.3) is 0 Å². The lowest BCUT2D eigenvalue weighted by atomic mass is 10.0. The van der Waals surface area contributed by atoms with Crippen LogP contribution in [-0.2, 0) is 6.42 Å². The SMILES string of the molecule is Oc1[nH]c(=S)[nH]c1/C=C1\C=Nc2ncc(Cc3ccccc3)cc21. The summed E-state index contributed by atoms with van der Waals surface area (Å²) in [4.78, 5) is 14.3. The zero-order valence-electron chi connectivity index (χ0n) is 12.7. The zero-order chi connectivity index (χ0) is 16.5. The van der Waals surface area contributed by atoms with Gasteiger partial charge in [0, 0.05) is 23.5 Å². The van der Waals surface area contributed by atoms with Crippen molar-refractivity contribution >= 4 is 35.9 Å². The molecule has 0 atom stereocenters. The number of allylic oxidation sites excluding steroid dienone is 1. The van der Waals surface area contributed by atoms with Crippen molar-refractivity contribution in [2.75, 3.05) is 0 Å². The Balaban J connectivity index is 1.69. The second kappa shape index (κ2) is 5.90. The summed E-state index contributed by atoms with van der Waals surface area (Å²) in [5.74, 6) is 0.703. The van der Waals surface area contributed by atoms with Crippen molar-refractivity contribution in [3.63, 3.8) is 0 Å². The van der Waals surface area contributed by atoms with Gasteiger partial charge in [0.1, 0.15) is 5.69 Å². The summed E-state index contributed by atoms with van der Waals surface area (Å²) in [6.45, 7) is 0. The molecule has 0 amide bonds. The number of aromatic amines is 2. The van der Waals surface area contributed by atoms with Gasteiger partial charge in [-0.1, -0.05) is 30.3 Å². The molecule has 3 N–H and O–H groups in total. The first kappa shape index (κ1) is 14.6. The van der Waals surface area contributed by atoms with Crippen LogP contribution in [0.1, 0.15) is 22.4 Å². The second-order valence-corrected chi connectivity index (χ2v) is 5.98. The summed E-state index contributed by atoms with van der Waals surface area (Å²) in [6.07, 6.45) is 6.22. The van der Waals surface area contributed by atoms with Crippen molar-refractivity contribution in [2.24, 2.45) is 4.99 Å². The van der Waals surface area contributed by atoms with Crippen LogP contribution in [0.15, 0.2) is 47.6 Å². The van der Waals surface area contributed by atoms with Crippen LogP contribution < -0.4 is 0 Å². The van der Waals surface area contributed by atoms with Crippen LogP contribution >= 0.6 is 12.2 Å². The minimum atomic E-state index is 0.0164. The zero-order valence-corrected chi connectivity index (χ0v) is 13.5. The molecule has 118 valence electrons. The maximum Gasteiger partial charge on any atom is 0.215 e. The Hall–Kier alpha value is -2.99. The first-order valence-corrected chi connectivity index (χ1v) is 7.90. The number of H-pyrrole nitrogens is 2. The summed E-state index contributed by atoms with van der Waals surface area (Å²) in [5, 5.41) is 9.83. The van der Waals surface area contributed by atoms with Gasteiger partial charge < -0.3 is 15.1 Å². The van der Waals surface area contributed by atoms with E-state index in [4.69, 9.17) is 12.2 Å². The van der Waals surface area contributed by atoms with E-state index in [-0.39, 0.29) is 5.88 Å². The lowest BCUT2D eigenvalue weighted by Crippen LogP contribution is -1.91. The molecule has 1 aliphatic rings. The predicted molar refractivity (Wildman–Crippen MR) is 97.2 cm³/mol. The lowest BCUT2D eigenvalue weighted by molar-refractivity contribution is 0.455. The Bertz CT molecular complexity index is 1010. The van der Waals surface area contributed by atoms with Crippen molar-refractivity contribution < 1.29 is 5.11 Å². The van der Waals surface area contributed by atoms with E-state index >= 15 is 0 Å². The van der Waals surface area contributed by atoms with Gasteiger partial charge in [-0.05, 0) is 41.9 Å². The van der Waals surface area contributed by atoms with Gasteiger partial charge in [0.05, 0.1) is 0 Å². The van der Waals surface area contributed by atoms with E-state index in [1.54, 1.807) is 6.21 Å². The van der Waals surface area contributed by atoms with Crippen LogP contribution in [0, 0.1) is 4.77 Å². The molecule has 6 heteroatoms. The monoisotopic (exact) mass is 334 g/mol. The summed E-state index contributed by atoms with van der Waals surface area (Å²) in [6, 6.07) is 12.3. The van der Waals surface area contributed by atoms with E-state index in [2.05, 4.69) is 38.1 Å². The Labute approximate surface area is 143 Å². The number of hydrogen-bond acceptors (Lipinski definition) is 4. The number of pyridine rings is 1. The minimum Gasteiger partial charge on any atom is -0.493 e. The molecule has 0 aliphatic carbocycles. The van der Waals surface area contributed by atoms with Gasteiger partial charge in [-0.2, -0.15) is 0 Å². The van der Waals surface area contributed by atoms with Crippen LogP contribution in [0.5, 0.6) is 5.88 Å². The van der Waals surface area contributed by atoms with Crippen molar-refractivity contribution in [3.05, 3.63) is 69.8 Å². The van der Waals surface area contributed by atoms with Crippen LogP contribution in [0.4, 0.5) is 5.82 Å². The maximum atomic E-state index is 9.83. The van der Waals surface area contributed by atoms with Gasteiger partial charge in [-0.3, -0.25) is 0 Å². The summed E-state index contributed by atoms with van der Waals surface area (Å²) in [5.41, 5.74) is 4.71. The molecule has 5 nitrogen and oxygen atoms in total. The first-order chi connectivity index (χ1) is 11.7. The molecule has 1 aromatic carbocycles. The number of benzene rings is 1. The van der Waals surface area contributed by atoms with Gasteiger partial charge in [-0.15, -0.1) is 0 Å². The second-order valence-electron chi connectivity index (χ2n) is 5.58. The molecule has 0 saturated carbocycles. The van der Waals surface area contributed by atoms with Crippen LogP contribution in [0.25, 0.3) is 11.6 Å². The summed E-state index contributed by atoms with van der Waals surface area (Å²) >= 11 is 4.99. The molecule has 24 heavy (non-hydrogen) atoms. The van der Waals surface area contributed by atoms with Crippen molar-refractivity contribution in [1.82, 2.24) is 15.0 Å². The topological polar surface area (TPSA) is 77.1 Å². The molecule has 0 saturated heterocycles. The molecule has 2 aromatic heterocycles. The molecule has 1 aliphatic heterocycles. The number of nitrogens with one attached hydrogen (secondary N) is 2. The number of aromatic hydroxyl groups is 1. The highest BCUT2D eigenvalue weighted by Crippen LogP contribution is 2.32. The Kier molecular flexibility index (Phi) is 3.59. The molecule has 3 heterocycles. The molecule has 4 rings (SSSR count). The van der Waals surface area contributed by atoms with E-state index in [0.717, 1.165) is 23.1 Å². The van der Waals surface area contributed by atoms with E-state index < -0.39 is 0 Å². The fourth-order valence-corrected chi connectivity index (χ4v) is 2.91. The first-order valence-electron chi connectivity index (χ1n) is 7.49. The number of fused-ring (bicyclic) bond motifs is 1. The molecular formula is C18H14N4OS. The molecule has 0 bridgehead atoms. The number of aliphatic imine (C=N–C) groups is 1. The Morgan fingerprint density at radius 1 is 1.12 bits per heavy atom. The summed E-state index contributed by atoms with van der Waals surface area (Å²) < 4.78 is 0.380. The van der Waals surface area contributed by atoms with E-state index in [1.165, 1.54) is 5.56 Å². The number of hydrogen-bond donors (Lipinski definition) is 3. The molecule has 3 aromatic rings. The third kappa shape index (κ3) is 2.79. The number of nitrogens with zero attached hydrogens (tertiary/aromatic N) is 2. The van der Waals surface area contributed by atoms with E-state index in [9.17, 15) is 5.11 Å². The molecule has 0 radical (unpaired) electrons. The minimum absolute atomic E-state index is 0.0164. The fraction of sp³-hybridized carbons (Fsp3) is 0.0556. The molecule has 0 fully saturated rings. The average molecular weight is 334 g/mol. The van der Waals surface area contributed by atoms with Gasteiger partial charge in [0.2, 0.25) is 5.88 Å². The highest BCUT2D eigenvalue weighted by Gasteiger charge is 2.15. The number of rotatable bonds is 3. The smallest absolute Gasteiger partial charge is 0.215 e. The standard InChI is InChI=1S/C18H14N4OS/c23-17-15(21-18(24)22-17)8-13-10-20-16-14(13)7-12(9-19-16)6-11-4-2-1-3-5-11/h1-5,7-10,23H,6H2,(H2,21,22,24)/b13-8+. The van der Waals surface area contributed by atoms with Crippen molar-refractivity contribution in [3.8, 4) is 5.88 Å². The van der Waals surface area contributed by atoms with Crippen molar-refractivity contribution in [1.29, 1.82) is 0 Å². The van der Waals surface area contributed by atoms with Gasteiger partial charge in [-0.25, -0.2) is 9.98 Å². The van der Waals surface area contributed by atoms with E-state index in [1.807, 2.05) is 30.5 Å². The van der Waals surface area contributed by atoms with Gasteiger partial charge in [0.15, 0.2) is 10.6 Å². The third-order valence-electron chi connectivity index (χ3n) is 3.85. The fourth-order valence-electron chi connectivity index (χ4n) is 2.71. The molecular weight excluding hydrogens is 320 g/mol. The van der Waals surface area contributed by atoms with Crippen molar-refractivity contribution in [2.45, 2.75) is 6.42 Å². The highest BCUT2D eigenvalue weighted by molar-refractivity contribution is 7.71. The van der Waals surface area contributed by atoms with Crippen LogP contribution in [-0.4, -0.2) is 26.3 Å². The van der Waals surface area contributed by atoms with Gasteiger partial charge >= 0.3 is 0 Å². The predicted octanol–water partition coefficient (Wildman–Crippen LogP) is 4.02. The molecule has 0 unspecified atom stereocenters. The Morgan fingerprint density at radius 3 is 2.71 bits per heavy atom. The van der Waals surface area contributed by atoms with E-state index in [0.29, 0.717) is 16.3 Å². The number of aromatic nitrogens is 3. The largest absolute Gasteiger partial charge is 0.493 e. The van der Waals surface area contributed by atoms with Crippen LogP contribution in [0.2, 0.25) is 0 Å². The Morgan fingerprint density at radius 2 is 1.96 bits per heavy atom. The lowest BCUT2D eigenvalue weighted by Gasteiger charge is -2.05. The quantitative estimate of drug-likeness (QED) is 0.633. The highest BCUT2D eigenvalue weighted by atomic mass is 32.1. The average Bonchev–Trinajstić information content (AvgIpc) is 3.12. The maximum absolute atomic E-state index is 9.83.